The molecule has 1 aromatic carbocycles. The number of nitrogens with zero attached hydrogens (tertiary/aromatic N) is 6. The van der Waals surface area contributed by atoms with Gasteiger partial charge in [-0.1, -0.05) is 18.2 Å². The Morgan fingerprint density at radius 1 is 1.00 bits per heavy atom. The van der Waals surface area contributed by atoms with Crippen molar-refractivity contribution in [1.29, 1.82) is 0 Å². The van der Waals surface area contributed by atoms with Crippen molar-refractivity contribution in [3.63, 3.8) is 0 Å². The molecule has 25 heavy (non-hydrogen) atoms. The molecule has 4 aromatic rings. The lowest BCUT2D eigenvalue weighted by Gasteiger charge is -2.40. The largest absolute Gasteiger partial charge is 0.468 e. The molecule has 0 bridgehead atoms. The number of benzene rings is 1. The van der Waals surface area contributed by atoms with Crippen LogP contribution in [0.25, 0.3) is 22.1 Å². The number of hydrogen-bond acceptors (Lipinski definition) is 6. The molecule has 7 nitrogen and oxygen atoms in total. The summed E-state index contributed by atoms with van der Waals surface area (Å²) in [5.74, 6) is 0.756. The molecule has 1 saturated heterocycles. The number of imidazole rings is 1. The van der Waals surface area contributed by atoms with Gasteiger partial charge in [0.2, 0.25) is 5.95 Å². The lowest BCUT2D eigenvalue weighted by Crippen LogP contribution is -2.48. The Labute approximate surface area is 143 Å². The quantitative estimate of drug-likeness (QED) is 0.574. The molecule has 0 atom stereocenters. The van der Waals surface area contributed by atoms with Gasteiger partial charge in [-0.15, -0.1) is 0 Å². The van der Waals surface area contributed by atoms with E-state index in [2.05, 4.69) is 29.4 Å². The molecule has 0 unspecified atom stereocenters. The second-order valence-corrected chi connectivity index (χ2v) is 6.10. The van der Waals surface area contributed by atoms with Gasteiger partial charge in [0.05, 0.1) is 18.7 Å². The van der Waals surface area contributed by atoms with E-state index in [-0.39, 0.29) is 6.04 Å². The van der Waals surface area contributed by atoms with Crippen molar-refractivity contribution in [2.45, 2.75) is 6.04 Å². The van der Waals surface area contributed by atoms with Crippen LogP contribution < -0.4 is 9.64 Å². The molecule has 0 saturated carbocycles. The van der Waals surface area contributed by atoms with E-state index in [1.165, 1.54) is 0 Å². The average Bonchev–Trinajstić information content (AvgIpc) is 2.99. The van der Waals surface area contributed by atoms with E-state index < -0.39 is 0 Å². The maximum atomic E-state index is 5.45. The van der Waals surface area contributed by atoms with E-state index in [1.807, 2.05) is 42.6 Å². The molecule has 124 valence electrons. The van der Waals surface area contributed by atoms with Crippen molar-refractivity contribution in [2.24, 2.45) is 0 Å². The Balaban J connectivity index is 1.44. The molecule has 1 aliphatic rings. The van der Waals surface area contributed by atoms with Crippen LogP contribution in [-0.2, 0) is 0 Å². The Kier molecular flexibility index (Phi) is 3.06. The highest BCUT2D eigenvalue weighted by Crippen LogP contribution is 2.32. The molecule has 4 heterocycles. The lowest BCUT2D eigenvalue weighted by atomic mass is 10.1. The Bertz CT molecular complexity index is 1070. The highest BCUT2D eigenvalue weighted by molar-refractivity contribution is 5.78. The molecule has 0 amide bonds. The first kappa shape index (κ1) is 14.2. The van der Waals surface area contributed by atoms with E-state index in [9.17, 15) is 0 Å². The van der Waals surface area contributed by atoms with Crippen molar-refractivity contribution in [1.82, 2.24) is 24.5 Å². The molecule has 7 heteroatoms. The number of aromatic nitrogens is 5. The first-order valence-corrected chi connectivity index (χ1v) is 8.17. The number of anilines is 1. The highest BCUT2D eigenvalue weighted by atomic mass is 16.5. The van der Waals surface area contributed by atoms with E-state index in [4.69, 9.17) is 4.74 Å². The Morgan fingerprint density at radius 3 is 2.72 bits per heavy atom. The van der Waals surface area contributed by atoms with Crippen LogP contribution in [0.2, 0.25) is 0 Å². The second-order valence-electron chi connectivity index (χ2n) is 6.10. The van der Waals surface area contributed by atoms with Crippen LogP contribution in [0.3, 0.4) is 0 Å². The summed E-state index contributed by atoms with van der Waals surface area (Å²) in [6.45, 7) is 1.60. The topological polar surface area (TPSA) is 69.0 Å². The number of fused-ring (bicyclic) bond motifs is 2. The van der Waals surface area contributed by atoms with Crippen LogP contribution in [0.4, 0.5) is 5.95 Å². The molecule has 0 aliphatic carbocycles. The van der Waals surface area contributed by atoms with Crippen molar-refractivity contribution >= 4 is 28.0 Å². The summed E-state index contributed by atoms with van der Waals surface area (Å²) in [5.41, 5.74) is 2.66. The third kappa shape index (κ3) is 2.20. The zero-order valence-corrected chi connectivity index (χ0v) is 13.7. The number of pyridine rings is 1. The van der Waals surface area contributed by atoms with E-state index in [0.29, 0.717) is 6.01 Å². The summed E-state index contributed by atoms with van der Waals surface area (Å²) < 4.78 is 7.51. The van der Waals surface area contributed by atoms with Gasteiger partial charge in [-0.25, -0.2) is 15.0 Å². The van der Waals surface area contributed by atoms with Crippen molar-refractivity contribution < 1.29 is 4.74 Å². The normalized spacial score (nSPS) is 14.8. The van der Waals surface area contributed by atoms with Gasteiger partial charge in [0.25, 0.3) is 6.01 Å². The van der Waals surface area contributed by atoms with E-state index in [0.717, 1.165) is 41.1 Å². The predicted molar refractivity (Wildman–Crippen MR) is 94.9 cm³/mol. The first-order chi connectivity index (χ1) is 12.3. The molecular formula is C18H16N6O. The SMILES string of the molecule is COc1nc2cccnc2n1C1CN(c2ncc3ccccc3n2)C1. The smallest absolute Gasteiger partial charge is 0.298 e. The monoisotopic (exact) mass is 332 g/mol. The summed E-state index contributed by atoms with van der Waals surface area (Å²) >= 11 is 0. The Morgan fingerprint density at radius 2 is 1.84 bits per heavy atom. The molecule has 0 radical (unpaired) electrons. The fourth-order valence-electron chi connectivity index (χ4n) is 3.28. The molecule has 1 aliphatic heterocycles. The van der Waals surface area contributed by atoms with Gasteiger partial charge in [-0.05, 0) is 18.2 Å². The Hall–Kier alpha value is -3.22. The number of hydrogen-bond donors (Lipinski definition) is 0. The highest BCUT2D eigenvalue weighted by Gasteiger charge is 2.33. The fraction of sp³-hybridized carbons (Fsp3) is 0.222. The summed E-state index contributed by atoms with van der Waals surface area (Å²) in [5, 5.41) is 1.05. The van der Waals surface area contributed by atoms with Crippen LogP contribution in [0.15, 0.2) is 48.8 Å². The van der Waals surface area contributed by atoms with E-state index in [1.54, 1.807) is 13.3 Å². The second kappa shape index (κ2) is 5.41. The summed E-state index contributed by atoms with van der Waals surface area (Å²) in [7, 11) is 1.64. The summed E-state index contributed by atoms with van der Waals surface area (Å²) in [6, 6.07) is 12.7. The number of methoxy groups -OCH3 is 1. The van der Waals surface area contributed by atoms with Crippen LogP contribution in [0, 0.1) is 0 Å². The van der Waals surface area contributed by atoms with Crippen LogP contribution in [0.5, 0.6) is 6.01 Å². The van der Waals surface area contributed by atoms with Crippen molar-refractivity contribution in [3.05, 3.63) is 48.8 Å². The zero-order valence-electron chi connectivity index (χ0n) is 13.7. The van der Waals surface area contributed by atoms with Gasteiger partial charge in [-0.2, -0.15) is 4.98 Å². The fourth-order valence-corrected chi connectivity index (χ4v) is 3.28. The lowest BCUT2D eigenvalue weighted by molar-refractivity contribution is 0.313. The van der Waals surface area contributed by atoms with Gasteiger partial charge in [-0.3, -0.25) is 4.57 Å². The van der Waals surface area contributed by atoms with E-state index >= 15 is 0 Å². The molecule has 1 fully saturated rings. The van der Waals surface area contributed by atoms with Gasteiger partial charge >= 0.3 is 0 Å². The molecule has 0 spiro atoms. The predicted octanol–water partition coefficient (Wildman–Crippen LogP) is 2.44. The van der Waals surface area contributed by atoms with Gasteiger partial charge in [0.1, 0.15) is 5.52 Å². The van der Waals surface area contributed by atoms with Gasteiger partial charge in [0, 0.05) is 30.9 Å². The van der Waals surface area contributed by atoms with Gasteiger partial charge in [0.15, 0.2) is 5.65 Å². The molecular weight excluding hydrogens is 316 g/mol. The minimum absolute atomic E-state index is 0.241. The molecule has 5 rings (SSSR count). The number of para-hydroxylation sites is 1. The zero-order chi connectivity index (χ0) is 16.8. The third-order valence-corrected chi connectivity index (χ3v) is 4.59. The van der Waals surface area contributed by atoms with Gasteiger partial charge < -0.3 is 9.64 Å². The first-order valence-electron chi connectivity index (χ1n) is 8.17. The number of ether oxygens (including phenoxy) is 1. The van der Waals surface area contributed by atoms with Crippen LogP contribution in [0.1, 0.15) is 6.04 Å². The van der Waals surface area contributed by atoms with Crippen molar-refractivity contribution in [2.75, 3.05) is 25.1 Å². The third-order valence-electron chi connectivity index (χ3n) is 4.59. The van der Waals surface area contributed by atoms with Crippen LogP contribution in [-0.4, -0.2) is 44.7 Å². The summed E-state index contributed by atoms with van der Waals surface area (Å²) in [4.78, 5) is 20.3. The molecule has 0 N–H and O–H groups in total. The summed E-state index contributed by atoms with van der Waals surface area (Å²) in [6.07, 6.45) is 3.66. The van der Waals surface area contributed by atoms with Crippen LogP contribution >= 0.6 is 0 Å². The average molecular weight is 332 g/mol. The number of rotatable bonds is 3. The maximum Gasteiger partial charge on any atom is 0.298 e. The maximum absolute atomic E-state index is 5.45. The molecule has 3 aromatic heterocycles. The minimum atomic E-state index is 0.241. The minimum Gasteiger partial charge on any atom is -0.468 e. The standard InChI is InChI=1S/C18H16N6O/c1-25-18-22-15-7-4-8-19-16(15)24(18)13-10-23(11-13)17-20-9-12-5-2-3-6-14(12)21-17/h2-9,13H,10-11H2,1H3. The van der Waals surface area contributed by atoms with Crippen molar-refractivity contribution in [3.8, 4) is 6.01 Å².